The molecule has 214 valence electrons. The van der Waals surface area contributed by atoms with Crippen LogP contribution in [-0.4, -0.2) is 46.9 Å². The molecule has 13 heteroatoms. The number of rotatable bonds is 2. The summed E-state index contributed by atoms with van der Waals surface area (Å²) < 4.78 is 80.0. The smallest absolute Gasteiger partial charge is 0.518 e. The number of aliphatic imine (C=N–C) groups is 4. The van der Waals surface area contributed by atoms with E-state index in [-0.39, 0.29) is 5.84 Å². The van der Waals surface area contributed by atoms with Crippen molar-refractivity contribution in [3.8, 4) is 5.75 Å². The van der Waals surface area contributed by atoms with Crippen LogP contribution < -0.4 is 4.65 Å². The maximum atomic E-state index is 15.1. The lowest BCUT2D eigenvalue weighted by molar-refractivity contribution is 0.342. The van der Waals surface area contributed by atoms with Crippen molar-refractivity contribution in [3.05, 3.63) is 130 Å². The van der Waals surface area contributed by atoms with Gasteiger partial charge in [-0.3, -0.25) is 9.80 Å². The van der Waals surface area contributed by atoms with E-state index in [4.69, 9.17) is 14.6 Å². The molecule has 44 heavy (non-hydrogen) atoms. The second kappa shape index (κ2) is 9.46. The number of aromatic nitrogens is 1. The minimum Gasteiger partial charge on any atom is -0.518 e. The molecule has 0 atom stereocenters. The molecule has 7 nitrogen and oxygen atoms in total. The average Bonchev–Trinajstić information content (AvgIpc) is 3.71. The lowest BCUT2D eigenvalue weighted by Crippen LogP contribution is -2.55. The predicted octanol–water partition coefficient (Wildman–Crippen LogP) is 6.24. The highest BCUT2D eigenvalue weighted by atomic mass is 19.2. The van der Waals surface area contributed by atoms with Gasteiger partial charge in [-0.25, -0.2) is 28.1 Å². The molecule has 0 fully saturated rings. The number of benzene rings is 4. The highest BCUT2D eigenvalue weighted by Crippen LogP contribution is 2.39. The van der Waals surface area contributed by atoms with Crippen LogP contribution >= 0.6 is 0 Å². The first kappa shape index (κ1) is 26.1. The second-order valence-electron chi connectivity index (χ2n) is 10.1. The lowest BCUT2D eigenvalue weighted by Gasteiger charge is -2.31. The van der Waals surface area contributed by atoms with Gasteiger partial charge in [-0.2, -0.15) is 8.78 Å². The zero-order valence-corrected chi connectivity index (χ0v) is 22.6. The van der Waals surface area contributed by atoms with Crippen LogP contribution in [0.1, 0.15) is 22.3 Å². The van der Waals surface area contributed by atoms with Crippen molar-refractivity contribution in [2.45, 2.75) is 0 Å². The zero-order chi connectivity index (χ0) is 30.3. The van der Waals surface area contributed by atoms with Crippen LogP contribution in [0, 0.1) is 29.1 Å². The van der Waals surface area contributed by atoms with E-state index in [1.807, 2.05) is 30.3 Å². The summed E-state index contributed by atoms with van der Waals surface area (Å²) in [6.07, 6.45) is 1.63. The van der Waals surface area contributed by atoms with Crippen LogP contribution in [0.25, 0.3) is 10.8 Å². The molecule has 3 aliphatic heterocycles. The first-order valence-corrected chi connectivity index (χ1v) is 13.4. The summed E-state index contributed by atoms with van der Waals surface area (Å²) in [6, 6.07) is 21.7. The Bertz CT molecular complexity index is 2180. The van der Waals surface area contributed by atoms with Gasteiger partial charge in [0.2, 0.25) is 29.1 Å². The number of fused-ring (bicyclic) bond motifs is 7. The van der Waals surface area contributed by atoms with Crippen LogP contribution in [0.15, 0.2) is 99.0 Å². The largest absolute Gasteiger partial charge is 0.631 e. The number of hydrogen-bond acceptors (Lipinski definition) is 4. The lowest BCUT2D eigenvalue weighted by atomic mass is 9.94. The molecule has 1 aromatic heterocycles. The van der Waals surface area contributed by atoms with Crippen molar-refractivity contribution in [1.29, 1.82) is 0 Å². The minimum atomic E-state index is -2.28. The zero-order valence-electron chi connectivity index (χ0n) is 22.6. The molecule has 0 bridgehead atoms. The van der Waals surface area contributed by atoms with Crippen molar-refractivity contribution in [2.75, 3.05) is 7.05 Å². The maximum absolute atomic E-state index is 15.1. The second-order valence-corrected chi connectivity index (χ2v) is 10.1. The quantitative estimate of drug-likeness (QED) is 0.105. The summed E-state index contributed by atoms with van der Waals surface area (Å²) in [5.74, 6) is -10.5. The van der Waals surface area contributed by atoms with Crippen LogP contribution in [0.5, 0.6) is 5.75 Å². The van der Waals surface area contributed by atoms with Gasteiger partial charge in [0, 0.05) is 46.3 Å². The molecule has 3 aliphatic rings. The van der Waals surface area contributed by atoms with Crippen LogP contribution in [0.4, 0.5) is 27.8 Å². The molecular weight excluding hydrogens is 578 g/mol. The molecule has 0 N–H and O–H groups in total. The number of halogens is 5. The van der Waals surface area contributed by atoms with Crippen molar-refractivity contribution in [2.24, 2.45) is 20.0 Å². The summed E-state index contributed by atoms with van der Waals surface area (Å²) in [6.45, 7) is 0. The molecular formula is C31H16BF5N6O. The Morgan fingerprint density at radius 2 is 1.32 bits per heavy atom. The van der Waals surface area contributed by atoms with Crippen LogP contribution in [-0.2, 0) is 0 Å². The maximum Gasteiger partial charge on any atom is 0.631 e. The van der Waals surface area contributed by atoms with Gasteiger partial charge in [0.25, 0.3) is 0 Å². The van der Waals surface area contributed by atoms with Gasteiger partial charge in [-0.15, -0.1) is 0 Å². The van der Waals surface area contributed by atoms with Crippen LogP contribution in [0.3, 0.4) is 0 Å². The molecule has 0 unspecified atom stereocenters. The molecule has 0 radical (unpaired) electrons. The fraction of sp³-hybridized carbons (Fsp3) is 0.0323. The average molecular weight is 594 g/mol. The third-order valence-corrected chi connectivity index (χ3v) is 7.70. The van der Waals surface area contributed by atoms with Gasteiger partial charge >= 0.3 is 7.19 Å². The SMILES string of the molecule is CN=C1N=C(N=C2c3ccccc3C3=Nc4c5ccccc5cn4B(Oc4c(F)c(F)c(F)c(F)c4F)N23)c2ccccc21. The van der Waals surface area contributed by atoms with Gasteiger partial charge in [0.15, 0.2) is 17.4 Å². The first-order valence-electron chi connectivity index (χ1n) is 13.4. The van der Waals surface area contributed by atoms with Gasteiger partial charge in [-0.05, 0) is 0 Å². The number of nitrogens with zero attached hydrogens (tertiary/aromatic N) is 6. The Kier molecular flexibility index (Phi) is 5.61. The normalized spacial score (nSPS) is 16.7. The van der Waals surface area contributed by atoms with E-state index in [0.29, 0.717) is 50.8 Å². The molecule has 0 aliphatic carbocycles. The molecule has 0 spiro atoms. The van der Waals surface area contributed by atoms with Crippen molar-refractivity contribution >= 4 is 47.1 Å². The Morgan fingerprint density at radius 1 is 0.705 bits per heavy atom. The predicted molar refractivity (Wildman–Crippen MR) is 156 cm³/mol. The Morgan fingerprint density at radius 3 is 2.05 bits per heavy atom. The highest BCUT2D eigenvalue weighted by Gasteiger charge is 2.49. The van der Waals surface area contributed by atoms with E-state index in [2.05, 4.69) is 9.98 Å². The number of hydrogen-bond donors (Lipinski definition) is 0. The fourth-order valence-corrected chi connectivity index (χ4v) is 5.70. The molecule has 0 saturated heterocycles. The van der Waals surface area contributed by atoms with Gasteiger partial charge in [0.1, 0.15) is 17.5 Å². The monoisotopic (exact) mass is 594 g/mol. The highest BCUT2D eigenvalue weighted by molar-refractivity contribution is 6.61. The molecule has 4 aromatic carbocycles. The topological polar surface area (TPSA) is 66.8 Å². The molecule has 4 heterocycles. The standard InChI is InChI=1S/C31H16BF5N6O/c1-38-27-17-10-4-5-11-18(17)28(39-27)40-30-19-12-6-7-13-20(19)31-41-29-16-9-3-2-8-15(16)14-42(29)32(43(30)31)44-26-24(36)22(34)21(33)23(35)25(26)37/h2-14H,1H3. The van der Waals surface area contributed by atoms with E-state index in [9.17, 15) is 13.2 Å². The van der Waals surface area contributed by atoms with E-state index in [1.54, 1.807) is 55.7 Å². The fourth-order valence-electron chi connectivity index (χ4n) is 5.70. The van der Waals surface area contributed by atoms with Crippen molar-refractivity contribution in [3.63, 3.8) is 0 Å². The summed E-state index contributed by atoms with van der Waals surface area (Å²) in [5, 5.41) is 1.40. The molecule has 8 rings (SSSR count). The molecule has 5 aromatic rings. The molecule has 0 saturated carbocycles. The van der Waals surface area contributed by atoms with E-state index < -0.39 is 42.0 Å². The Labute approximate surface area is 246 Å². The summed E-state index contributed by atoms with van der Waals surface area (Å²) in [5.41, 5.74) is 2.67. The third-order valence-electron chi connectivity index (χ3n) is 7.70. The van der Waals surface area contributed by atoms with Crippen molar-refractivity contribution in [1.82, 2.24) is 9.29 Å². The third kappa shape index (κ3) is 3.55. The summed E-state index contributed by atoms with van der Waals surface area (Å²) in [4.78, 5) is 20.1. The summed E-state index contributed by atoms with van der Waals surface area (Å²) >= 11 is 0. The van der Waals surface area contributed by atoms with Gasteiger partial charge in [-0.1, -0.05) is 72.8 Å². The molecule has 0 amide bonds. The van der Waals surface area contributed by atoms with Gasteiger partial charge in [0.05, 0.1) is 0 Å². The van der Waals surface area contributed by atoms with Gasteiger partial charge < -0.3 is 9.13 Å². The van der Waals surface area contributed by atoms with E-state index in [1.165, 1.54) is 9.29 Å². The van der Waals surface area contributed by atoms with E-state index in [0.717, 1.165) is 5.56 Å². The van der Waals surface area contributed by atoms with E-state index >= 15 is 8.78 Å². The first-order chi connectivity index (χ1) is 21.4. The van der Waals surface area contributed by atoms with Crippen LogP contribution in [0.2, 0.25) is 0 Å². The van der Waals surface area contributed by atoms with Crippen molar-refractivity contribution < 1.29 is 26.6 Å². The minimum absolute atomic E-state index is 0.238. The summed E-state index contributed by atoms with van der Waals surface area (Å²) in [7, 11) is 0.0962. The Balaban J connectivity index is 1.39. The Hall–Kier alpha value is -5.59. The number of amidine groups is 4.